The molecule has 0 saturated heterocycles. The minimum atomic E-state index is -0.359. The molecule has 16 heavy (non-hydrogen) atoms. The molecule has 2 unspecified atom stereocenters. The van der Waals surface area contributed by atoms with Crippen LogP contribution in [0, 0.1) is 11.8 Å². The van der Waals surface area contributed by atoms with Gasteiger partial charge in [0, 0.05) is 6.04 Å². The van der Waals surface area contributed by atoms with Gasteiger partial charge in [-0.25, -0.2) is 0 Å². The van der Waals surface area contributed by atoms with E-state index in [0.717, 1.165) is 18.8 Å². The molecule has 1 saturated carbocycles. The molecule has 3 nitrogen and oxygen atoms in total. The first-order valence-corrected chi connectivity index (χ1v) is 6.60. The predicted molar refractivity (Wildman–Crippen MR) is 67.0 cm³/mol. The van der Waals surface area contributed by atoms with E-state index in [2.05, 4.69) is 12.2 Å². The van der Waals surface area contributed by atoms with Crippen LogP contribution < -0.4 is 11.1 Å². The zero-order chi connectivity index (χ0) is 12.1. The van der Waals surface area contributed by atoms with Crippen LogP contribution in [0.2, 0.25) is 0 Å². The lowest BCUT2D eigenvalue weighted by molar-refractivity contribution is -0.124. The summed E-state index contributed by atoms with van der Waals surface area (Å²) in [4.78, 5) is 11.8. The molecule has 0 aromatic rings. The van der Waals surface area contributed by atoms with Gasteiger partial charge in [0.2, 0.25) is 5.91 Å². The first kappa shape index (κ1) is 13.5. The Morgan fingerprint density at radius 3 is 2.69 bits per heavy atom. The van der Waals surface area contributed by atoms with E-state index < -0.39 is 0 Å². The van der Waals surface area contributed by atoms with Gasteiger partial charge in [0.15, 0.2) is 0 Å². The van der Waals surface area contributed by atoms with Crippen LogP contribution in [0.15, 0.2) is 0 Å². The molecule has 0 bridgehead atoms. The van der Waals surface area contributed by atoms with Crippen molar-refractivity contribution in [3.8, 4) is 0 Å². The van der Waals surface area contributed by atoms with E-state index in [1.54, 1.807) is 0 Å². The molecule has 0 aromatic heterocycles. The molecule has 0 aliphatic heterocycles. The quantitative estimate of drug-likeness (QED) is 0.771. The highest BCUT2D eigenvalue weighted by Gasteiger charge is 2.25. The van der Waals surface area contributed by atoms with Gasteiger partial charge in [-0.2, -0.15) is 0 Å². The van der Waals surface area contributed by atoms with E-state index in [1.165, 1.54) is 19.3 Å². The van der Waals surface area contributed by atoms with Crippen molar-refractivity contribution in [2.45, 2.75) is 65.0 Å². The van der Waals surface area contributed by atoms with Crippen molar-refractivity contribution in [2.24, 2.45) is 17.6 Å². The number of hydrogen-bond acceptors (Lipinski definition) is 2. The first-order chi connectivity index (χ1) is 7.54. The van der Waals surface area contributed by atoms with Crippen molar-refractivity contribution in [3.63, 3.8) is 0 Å². The highest BCUT2D eigenvalue weighted by atomic mass is 16.2. The lowest BCUT2D eigenvalue weighted by Crippen LogP contribution is -2.48. The average molecular weight is 226 g/mol. The van der Waals surface area contributed by atoms with Crippen LogP contribution in [0.3, 0.4) is 0 Å². The van der Waals surface area contributed by atoms with Crippen molar-refractivity contribution in [3.05, 3.63) is 0 Å². The smallest absolute Gasteiger partial charge is 0.237 e. The minimum Gasteiger partial charge on any atom is -0.352 e. The third kappa shape index (κ3) is 3.78. The molecule has 1 rings (SSSR count). The van der Waals surface area contributed by atoms with Crippen molar-refractivity contribution >= 4 is 5.91 Å². The zero-order valence-corrected chi connectivity index (χ0v) is 10.8. The molecular weight excluding hydrogens is 200 g/mol. The second-order valence-corrected chi connectivity index (χ2v) is 5.42. The van der Waals surface area contributed by atoms with E-state index in [0.29, 0.717) is 6.04 Å². The molecule has 1 amide bonds. The lowest BCUT2D eigenvalue weighted by Gasteiger charge is -2.30. The van der Waals surface area contributed by atoms with Gasteiger partial charge in [-0.15, -0.1) is 0 Å². The molecule has 0 spiro atoms. The Morgan fingerprint density at radius 1 is 1.44 bits per heavy atom. The molecule has 0 heterocycles. The fourth-order valence-electron chi connectivity index (χ4n) is 2.39. The Labute approximate surface area is 99.2 Å². The molecule has 0 aromatic carbocycles. The van der Waals surface area contributed by atoms with Gasteiger partial charge in [0.05, 0.1) is 6.04 Å². The summed E-state index contributed by atoms with van der Waals surface area (Å²) in [6.45, 7) is 6.20. The third-order valence-corrected chi connectivity index (χ3v) is 3.73. The summed E-state index contributed by atoms with van der Waals surface area (Å²) >= 11 is 0. The summed E-state index contributed by atoms with van der Waals surface area (Å²) in [5.41, 5.74) is 5.83. The molecule has 3 heteroatoms. The van der Waals surface area contributed by atoms with Crippen molar-refractivity contribution < 1.29 is 4.79 Å². The second-order valence-electron chi connectivity index (χ2n) is 5.42. The minimum absolute atomic E-state index is 0.0248. The molecule has 1 aliphatic rings. The molecular formula is C13H26N2O. The van der Waals surface area contributed by atoms with Gasteiger partial charge in [0.25, 0.3) is 0 Å². The van der Waals surface area contributed by atoms with E-state index in [9.17, 15) is 4.79 Å². The normalized spacial score (nSPS) is 27.8. The van der Waals surface area contributed by atoms with E-state index >= 15 is 0 Å². The van der Waals surface area contributed by atoms with Crippen LogP contribution in [0.5, 0.6) is 0 Å². The van der Waals surface area contributed by atoms with Crippen LogP contribution in [0.25, 0.3) is 0 Å². The SMILES string of the molecule is CCC1CCCC(NC(=O)[C@H](N)C(C)C)C1. The highest BCUT2D eigenvalue weighted by Crippen LogP contribution is 2.26. The molecule has 3 atom stereocenters. The van der Waals surface area contributed by atoms with Crippen molar-refractivity contribution in [1.82, 2.24) is 5.32 Å². The summed E-state index contributed by atoms with van der Waals surface area (Å²) in [5.74, 6) is 1.02. The Bertz CT molecular complexity index is 228. The van der Waals surface area contributed by atoms with Crippen LogP contribution in [0.1, 0.15) is 52.9 Å². The Morgan fingerprint density at radius 2 is 2.12 bits per heavy atom. The van der Waals surface area contributed by atoms with E-state index in [4.69, 9.17) is 5.73 Å². The topological polar surface area (TPSA) is 55.1 Å². The molecule has 3 N–H and O–H groups in total. The van der Waals surface area contributed by atoms with Gasteiger partial charge in [0.1, 0.15) is 0 Å². The monoisotopic (exact) mass is 226 g/mol. The summed E-state index contributed by atoms with van der Waals surface area (Å²) in [6, 6.07) is -0.00185. The first-order valence-electron chi connectivity index (χ1n) is 6.60. The number of carbonyl (C=O) groups is 1. The number of rotatable bonds is 4. The fourth-order valence-corrected chi connectivity index (χ4v) is 2.39. The van der Waals surface area contributed by atoms with Crippen LogP contribution in [0.4, 0.5) is 0 Å². The molecule has 1 aliphatic carbocycles. The number of nitrogens with one attached hydrogen (secondary N) is 1. The van der Waals surface area contributed by atoms with Crippen LogP contribution in [-0.2, 0) is 4.79 Å². The maximum absolute atomic E-state index is 11.8. The largest absolute Gasteiger partial charge is 0.352 e. The zero-order valence-electron chi connectivity index (χ0n) is 10.8. The number of amides is 1. The average Bonchev–Trinajstić information content (AvgIpc) is 2.28. The lowest BCUT2D eigenvalue weighted by atomic mass is 9.84. The third-order valence-electron chi connectivity index (χ3n) is 3.73. The van der Waals surface area contributed by atoms with Crippen LogP contribution >= 0.6 is 0 Å². The highest BCUT2D eigenvalue weighted by molar-refractivity contribution is 5.82. The van der Waals surface area contributed by atoms with E-state index in [-0.39, 0.29) is 17.9 Å². The van der Waals surface area contributed by atoms with Gasteiger partial charge in [-0.05, 0) is 24.7 Å². The number of carbonyl (C=O) groups excluding carboxylic acids is 1. The molecule has 94 valence electrons. The summed E-state index contributed by atoms with van der Waals surface area (Å²) in [5, 5.41) is 3.10. The number of hydrogen-bond donors (Lipinski definition) is 2. The van der Waals surface area contributed by atoms with Gasteiger partial charge in [-0.1, -0.05) is 40.0 Å². The van der Waals surface area contributed by atoms with Crippen molar-refractivity contribution in [1.29, 1.82) is 0 Å². The summed E-state index contributed by atoms with van der Waals surface area (Å²) in [7, 11) is 0. The summed E-state index contributed by atoms with van der Waals surface area (Å²) < 4.78 is 0. The predicted octanol–water partition coefficient (Wildman–Crippen LogP) is 2.05. The second kappa shape index (κ2) is 6.24. The van der Waals surface area contributed by atoms with Gasteiger partial charge < -0.3 is 11.1 Å². The Hall–Kier alpha value is -0.570. The maximum Gasteiger partial charge on any atom is 0.237 e. The van der Waals surface area contributed by atoms with Crippen LogP contribution in [-0.4, -0.2) is 18.0 Å². The summed E-state index contributed by atoms with van der Waals surface area (Å²) in [6.07, 6.45) is 6.03. The molecule has 0 radical (unpaired) electrons. The Balaban J connectivity index is 2.38. The molecule has 1 fully saturated rings. The van der Waals surface area contributed by atoms with E-state index in [1.807, 2.05) is 13.8 Å². The maximum atomic E-state index is 11.8. The fraction of sp³-hybridized carbons (Fsp3) is 0.923. The number of nitrogens with two attached hydrogens (primary N) is 1. The van der Waals surface area contributed by atoms with Gasteiger partial charge in [-0.3, -0.25) is 4.79 Å². The van der Waals surface area contributed by atoms with Crippen molar-refractivity contribution in [2.75, 3.05) is 0 Å². The van der Waals surface area contributed by atoms with Gasteiger partial charge >= 0.3 is 0 Å². The Kier molecular flexibility index (Phi) is 5.26. The standard InChI is InChI=1S/C13H26N2O/c1-4-10-6-5-7-11(8-10)15-13(16)12(14)9(2)3/h9-12H,4-8,14H2,1-3H3,(H,15,16)/t10?,11?,12-/m1/s1.